The lowest BCUT2D eigenvalue weighted by Gasteiger charge is -2.24. The van der Waals surface area contributed by atoms with Gasteiger partial charge in [-0.05, 0) is 19.1 Å². The molecule has 5 nitrogen and oxygen atoms in total. The van der Waals surface area contributed by atoms with Crippen LogP contribution >= 0.6 is 34.8 Å². The van der Waals surface area contributed by atoms with Crippen molar-refractivity contribution in [1.82, 2.24) is 5.32 Å². The van der Waals surface area contributed by atoms with Crippen molar-refractivity contribution in [1.29, 1.82) is 0 Å². The summed E-state index contributed by atoms with van der Waals surface area (Å²) in [6, 6.07) is 5.93. The molecule has 20 heavy (non-hydrogen) atoms. The number of carbonyl (C=O) groups excluding carboxylic acids is 1. The molecule has 0 saturated heterocycles. The number of halogens is 3. The monoisotopic (exact) mass is 359 g/mol. The normalized spacial score (nSPS) is 13.7. The first-order valence-electron chi connectivity index (χ1n) is 5.31. The lowest BCUT2D eigenvalue weighted by atomic mass is 10.2. The van der Waals surface area contributed by atoms with Gasteiger partial charge in [0.25, 0.3) is 0 Å². The first kappa shape index (κ1) is 17.4. The molecule has 0 aromatic heterocycles. The highest BCUT2D eigenvalue weighted by Gasteiger charge is 2.44. The van der Waals surface area contributed by atoms with Crippen LogP contribution in [-0.4, -0.2) is 30.8 Å². The van der Waals surface area contributed by atoms with E-state index in [2.05, 4.69) is 4.74 Å². The highest BCUT2D eigenvalue weighted by Crippen LogP contribution is 2.35. The van der Waals surface area contributed by atoms with E-state index in [9.17, 15) is 13.2 Å². The maximum absolute atomic E-state index is 12.4. The summed E-state index contributed by atoms with van der Waals surface area (Å²) in [4.78, 5) is 11.2. The molecule has 1 atom stereocenters. The molecular weight excluding hydrogens is 349 g/mol. The summed E-state index contributed by atoms with van der Waals surface area (Å²) in [5.41, 5.74) is 0.871. The lowest BCUT2D eigenvalue weighted by Crippen LogP contribution is -2.49. The molecule has 0 aliphatic carbocycles. The summed E-state index contributed by atoms with van der Waals surface area (Å²) < 4.78 is 26.9. The predicted octanol–water partition coefficient (Wildman–Crippen LogP) is 2.82. The molecule has 0 spiro atoms. The zero-order valence-corrected chi connectivity index (χ0v) is 13.6. The van der Waals surface area contributed by atoms with Crippen molar-refractivity contribution in [2.75, 3.05) is 7.11 Å². The fourth-order valence-electron chi connectivity index (χ4n) is 1.37. The maximum Gasteiger partial charge on any atom is 0.408 e. The Morgan fingerprint density at radius 1 is 1.25 bits per heavy atom. The van der Waals surface area contributed by atoms with Crippen LogP contribution < -0.4 is 5.32 Å². The molecule has 0 unspecified atom stereocenters. The van der Waals surface area contributed by atoms with Crippen molar-refractivity contribution >= 4 is 50.7 Å². The van der Waals surface area contributed by atoms with E-state index in [1.807, 2.05) is 5.32 Å². The summed E-state index contributed by atoms with van der Waals surface area (Å²) in [6.07, 6.45) is -1.02. The van der Waals surface area contributed by atoms with Crippen LogP contribution in [0.5, 0.6) is 0 Å². The van der Waals surface area contributed by atoms with Crippen LogP contribution in [0.15, 0.2) is 29.2 Å². The number of nitrogens with one attached hydrogen (secondary N) is 1. The van der Waals surface area contributed by atoms with Crippen LogP contribution in [0.25, 0.3) is 0 Å². The number of alkyl carbamates (subject to hydrolysis) is 1. The van der Waals surface area contributed by atoms with E-state index in [1.54, 1.807) is 19.1 Å². The van der Waals surface area contributed by atoms with Gasteiger partial charge in [-0.25, -0.2) is 13.2 Å². The van der Waals surface area contributed by atoms with Gasteiger partial charge in [0.15, 0.2) is 5.37 Å². The Kier molecular flexibility index (Phi) is 5.54. The molecule has 0 aliphatic heterocycles. The summed E-state index contributed by atoms with van der Waals surface area (Å²) in [6.45, 7) is 1.80. The third kappa shape index (κ3) is 4.15. The molecule has 1 N–H and O–H groups in total. The molecule has 112 valence electrons. The topological polar surface area (TPSA) is 72.5 Å². The Hall–Kier alpha value is -0.690. The van der Waals surface area contributed by atoms with Gasteiger partial charge in [0.1, 0.15) is 0 Å². The van der Waals surface area contributed by atoms with Gasteiger partial charge in [-0.2, -0.15) is 0 Å². The molecule has 0 saturated carbocycles. The largest absolute Gasteiger partial charge is 0.453 e. The molecule has 1 rings (SSSR count). The average Bonchev–Trinajstić information content (AvgIpc) is 2.34. The Morgan fingerprint density at radius 3 is 2.15 bits per heavy atom. The van der Waals surface area contributed by atoms with Crippen LogP contribution in [0.1, 0.15) is 5.56 Å². The Labute approximate surface area is 132 Å². The molecule has 0 heterocycles. The van der Waals surface area contributed by atoms with Gasteiger partial charge < -0.3 is 10.1 Å². The molecular formula is C11H12Cl3NO4S. The summed E-state index contributed by atoms with van der Waals surface area (Å²) >= 11 is 16.9. The number of carbonyl (C=O) groups is 1. The van der Waals surface area contributed by atoms with Crippen LogP contribution in [0.4, 0.5) is 4.79 Å². The van der Waals surface area contributed by atoms with Gasteiger partial charge in [-0.3, -0.25) is 0 Å². The Bertz CT molecular complexity index is 581. The SMILES string of the molecule is COC(=O)N[C@@H](C(Cl)(Cl)Cl)S(=O)(=O)c1ccc(C)cc1. The molecule has 1 amide bonds. The second kappa shape index (κ2) is 6.39. The van der Waals surface area contributed by atoms with E-state index >= 15 is 0 Å². The third-order valence-corrected chi connectivity index (χ3v) is 5.46. The summed E-state index contributed by atoms with van der Waals surface area (Å²) in [5.74, 6) is 0. The van der Waals surface area contributed by atoms with Gasteiger partial charge in [0.05, 0.1) is 12.0 Å². The Morgan fingerprint density at radius 2 is 1.75 bits per heavy atom. The van der Waals surface area contributed by atoms with E-state index in [-0.39, 0.29) is 4.90 Å². The smallest absolute Gasteiger partial charge is 0.408 e. The van der Waals surface area contributed by atoms with E-state index in [1.165, 1.54) is 12.1 Å². The lowest BCUT2D eigenvalue weighted by molar-refractivity contribution is 0.169. The molecule has 1 aromatic carbocycles. The number of hydrogen-bond acceptors (Lipinski definition) is 4. The van der Waals surface area contributed by atoms with Crippen LogP contribution in [0.3, 0.4) is 0 Å². The number of alkyl halides is 3. The van der Waals surface area contributed by atoms with Gasteiger partial charge in [-0.1, -0.05) is 52.5 Å². The number of sulfone groups is 1. The number of hydrogen-bond donors (Lipinski definition) is 1. The van der Waals surface area contributed by atoms with E-state index in [0.717, 1.165) is 12.7 Å². The quantitative estimate of drug-likeness (QED) is 0.841. The van der Waals surface area contributed by atoms with Crippen molar-refractivity contribution in [3.05, 3.63) is 29.8 Å². The average molecular weight is 361 g/mol. The minimum absolute atomic E-state index is 0.0733. The number of ether oxygens (including phenoxy) is 1. The van der Waals surface area contributed by atoms with E-state index < -0.39 is 25.1 Å². The fourth-order valence-corrected chi connectivity index (χ4v) is 3.98. The zero-order valence-electron chi connectivity index (χ0n) is 10.6. The van der Waals surface area contributed by atoms with Gasteiger partial charge in [-0.15, -0.1) is 0 Å². The van der Waals surface area contributed by atoms with Gasteiger partial charge in [0, 0.05) is 0 Å². The zero-order chi connectivity index (χ0) is 15.6. The molecule has 0 bridgehead atoms. The van der Waals surface area contributed by atoms with Crippen molar-refractivity contribution in [3.8, 4) is 0 Å². The molecule has 0 fully saturated rings. The second-order valence-corrected chi connectivity index (χ2v) is 8.32. The number of benzene rings is 1. The molecule has 0 radical (unpaired) electrons. The molecule has 9 heteroatoms. The van der Waals surface area contributed by atoms with Gasteiger partial charge >= 0.3 is 6.09 Å². The van der Waals surface area contributed by atoms with Crippen LogP contribution in [-0.2, 0) is 14.6 Å². The van der Waals surface area contributed by atoms with Crippen LogP contribution in [0, 0.1) is 6.92 Å². The first-order valence-corrected chi connectivity index (χ1v) is 7.99. The van der Waals surface area contributed by atoms with Crippen LogP contribution in [0.2, 0.25) is 0 Å². The van der Waals surface area contributed by atoms with Crippen molar-refractivity contribution in [2.45, 2.75) is 21.0 Å². The molecule has 1 aromatic rings. The standard InChI is InChI=1S/C11H12Cl3NO4S/c1-7-3-5-8(6-4-7)20(17,18)9(11(12,13)14)15-10(16)19-2/h3-6,9H,1-2H3,(H,15,16)/t9-/m1/s1. The van der Waals surface area contributed by atoms with Gasteiger partial charge in [0.2, 0.25) is 13.6 Å². The fraction of sp³-hybridized carbons (Fsp3) is 0.364. The number of amides is 1. The number of rotatable bonds is 3. The van der Waals surface area contributed by atoms with Crippen molar-refractivity contribution in [3.63, 3.8) is 0 Å². The first-order chi connectivity index (χ1) is 9.09. The van der Waals surface area contributed by atoms with E-state index in [4.69, 9.17) is 34.8 Å². The molecule has 0 aliphatic rings. The van der Waals surface area contributed by atoms with E-state index in [0.29, 0.717) is 0 Å². The third-order valence-electron chi connectivity index (χ3n) is 2.39. The van der Waals surface area contributed by atoms with Crippen molar-refractivity contribution in [2.24, 2.45) is 0 Å². The number of aryl methyl sites for hydroxylation is 1. The highest BCUT2D eigenvalue weighted by molar-refractivity contribution is 7.92. The minimum Gasteiger partial charge on any atom is -0.453 e. The predicted molar refractivity (Wildman–Crippen MR) is 78.0 cm³/mol. The minimum atomic E-state index is -4.09. The summed E-state index contributed by atoms with van der Waals surface area (Å²) in [7, 11) is -3.02. The Balaban J connectivity index is 3.24. The number of methoxy groups -OCH3 is 1. The maximum atomic E-state index is 12.4. The van der Waals surface area contributed by atoms with Crippen molar-refractivity contribution < 1.29 is 17.9 Å². The second-order valence-electron chi connectivity index (χ2n) is 3.92. The highest BCUT2D eigenvalue weighted by atomic mass is 35.6. The summed E-state index contributed by atoms with van der Waals surface area (Å²) in [5, 5.41) is 0.247.